The highest BCUT2D eigenvalue weighted by Crippen LogP contribution is 2.23. The summed E-state index contributed by atoms with van der Waals surface area (Å²) in [5.41, 5.74) is -0.250. The third kappa shape index (κ3) is 2.78. The Labute approximate surface area is 93.2 Å². The Kier molecular flexibility index (Phi) is 4.40. The molecule has 0 fully saturated rings. The minimum Gasteiger partial charge on any atom is -0.490 e. The minimum atomic E-state index is -1.14. The first-order valence-electron chi connectivity index (χ1n) is 5.19. The smallest absolute Gasteiger partial charge is 0.201 e. The predicted octanol–water partition coefficient (Wildman–Crippen LogP) is 3.35. The fraction of sp³-hybridized carbons (Fsp3) is 0.417. The molecular formula is C12H14F2O2. The first kappa shape index (κ1) is 12.6. The lowest BCUT2D eigenvalue weighted by atomic mass is 10.1. The number of Topliss-reactive ketones (excluding diaryl/α,β-unsaturated/α-hetero) is 1. The molecule has 0 spiro atoms. The third-order valence-electron chi connectivity index (χ3n) is 2.18. The molecule has 16 heavy (non-hydrogen) atoms. The zero-order valence-corrected chi connectivity index (χ0v) is 9.35. The highest BCUT2D eigenvalue weighted by atomic mass is 19.2. The number of rotatable bonds is 5. The molecule has 2 nitrogen and oxygen atoms in total. The zero-order valence-electron chi connectivity index (χ0n) is 9.35. The van der Waals surface area contributed by atoms with Crippen LogP contribution >= 0.6 is 0 Å². The maximum Gasteiger partial charge on any atom is 0.201 e. The summed E-state index contributed by atoms with van der Waals surface area (Å²) in [7, 11) is 0. The number of benzene rings is 1. The molecule has 0 aliphatic carbocycles. The lowest BCUT2D eigenvalue weighted by Crippen LogP contribution is -2.04. The van der Waals surface area contributed by atoms with Gasteiger partial charge in [0.1, 0.15) is 0 Å². The highest BCUT2D eigenvalue weighted by Gasteiger charge is 2.16. The summed E-state index contributed by atoms with van der Waals surface area (Å²) in [5, 5.41) is 0. The third-order valence-corrected chi connectivity index (χ3v) is 2.18. The second kappa shape index (κ2) is 5.58. The van der Waals surface area contributed by atoms with Gasteiger partial charge in [-0.25, -0.2) is 4.39 Å². The second-order valence-electron chi connectivity index (χ2n) is 3.50. The van der Waals surface area contributed by atoms with Crippen LogP contribution in [0.1, 0.15) is 37.0 Å². The summed E-state index contributed by atoms with van der Waals surface area (Å²) in [5.74, 6) is -2.88. The Bertz CT molecular complexity index is 389. The number of hydrogen-bond donors (Lipinski definition) is 0. The number of hydrogen-bond acceptors (Lipinski definition) is 2. The fourth-order valence-electron chi connectivity index (χ4n) is 1.24. The van der Waals surface area contributed by atoms with Crippen LogP contribution in [0.3, 0.4) is 0 Å². The summed E-state index contributed by atoms with van der Waals surface area (Å²) in [6.07, 6.45) is 1.69. The van der Waals surface area contributed by atoms with Crippen LogP contribution in [-0.2, 0) is 0 Å². The van der Waals surface area contributed by atoms with Gasteiger partial charge in [0, 0.05) is 0 Å². The van der Waals surface area contributed by atoms with E-state index < -0.39 is 17.4 Å². The Morgan fingerprint density at radius 2 is 2.00 bits per heavy atom. The van der Waals surface area contributed by atoms with Gasteiger partial charge in [0.2, 0.25) is 5.82 Å². The molecule has 0 heterocycles. The molecule has 0 unspecified atom stereocenters. The van der Waals surface area contributed by atoms with Crippen molar-refractivity contribution in [1.82, 2.24) is 0 Å². The van der Waals surface area contributed by atoms with E-state index in [1.165, 1.54) is 19.1 Å². The van der Waals surface area contributed by atoms with E-state index in [9.17, 15) is 13.6 Å². The van der Waals surface area contributed by atoms with Crippen molar-refractivity contribution in [1.29, 1.82) is 0 Å². The summed E-state index contributed by atoms with van der Waals surface area (Å²) in [6.45, 7) is 3.50. The SMILES string of the molecule is CCCCOc1ccc(C(C)=O)c(F)c1F. The topological polar surface area (TPSA) is 26.3 Å². The fourth-order valence-corrected chi connectivity index (χ4v) is 1.24. The van der Waals surface area contributed by atoms with Gasteiger partial charge in [-0.05, 0) is 25.5 Å². The number of carbonyl (C=O) groups is 1. The van der Waals surface area contributed by atoms with Gasteiger partial charge in [0.25, 0.3) is 0 Å². The first-order valence-corrected chi connectivity index (χ1v) is 5.19. The molecule has 0 bridgehead atoms. The van der Waals surface area contributed by atoms with Crippen molar-refractivity contribution in [2.24, 2.45) is 0 Å². The van der Waals surface area contributed by atoms with Crippen molar-refractivity contribution in [2.45, 2.75) is 26.7 Å². The lowest BCUT2D eigenvalue weighted by Gasteiger charge is -2.08. The van der Waals surface area contributed by atoms with Gasteiger partial charge in [-0.2, -0.15) is 4.39 Å². The Balaban J connectivity index is 2.89. The predicted molar refractivity (Wildman–Crippen MR) is 56.8 cm³/mol. The molecule has 0 aromatic heterocycles. The molecule has 0 radical (unpaired) electrons. The highest BCUT2D eigenvalue weighted by molar-refractivity contribution is 5.94. The van der Waals surface area contributed by atoms with Crippen molar-refractivity contribution in [3.63, 3.8) is 0 Å². The summed E-state index contributed by atoms with van der Waals surface area (Å²) in [6, 6.07) is 2.52. The summed E-state index contributed by atoms with van der Waals surface area (Å²) < 4.78 is 31.8. The number of carbonyl (C=O) groups excluding carboxylic acids is 1. The first-order chi connectivity index (χ1) is 7.57. The van der Waals surface area contributed by atoms with Crippen molar-refractivity contribution in [3.8, 4) is 5.75 Å². The van der Waals surface area contributed by atoms with Gasteiger partial charge in [0.15, 0.2) is 17.3 Å². The average molecular weight is 228 g/mol. The van der Waals surface area contributed by atoms with Crippen molar-refractivity contribution >= 4 is 5.78 Å². The zero-order chi connectivity index (χ0) is 12.1. The monoisotopic (exact) mass is 228 g/mol. The minimum absolute atomic E-state index is 0.143. The maximum absolute atomic E-state index is 13.4. The molecule has 0 aliphatic rings. The molecule has 88 valence electrons. The van der Waals surface area contributed by atoms with Crippen LogP contribution < -0.4 is 4.74 Å². The molecule has 0 saturated heterocycles. The second-order valence-corrected chi connectivity index (χ2v) is 3.50. The summed E-state index contributed by atoms with van der Waals surface area (Å²) in [4.78, 5) is 10.9. The van der Waals surface area contributed by atoms with E-state index in [-0.39, 0.29) is 11.3 Å². The van der Waals surface area contributed by atoms with E-state index in [2.05, 4.69) is 0 Å². The number of halogens is 2. The van der Waals surface area contributed by atoms with Crippen LogP contribution in [0.5, 0.6) is 5.75 Å². The molecule has 0 aliphatic heterocycles. The van der Waals surface area contributed by atoms with E-state index >= 15 is 0 Å². The van der Waals surface area contributed by atoms with E-state index in [4.69, 9.17) is 4.74 Å². The Morgan fingerprint density at radius 1 is 1.31 bits per heavy atom. The molecule has 1 aromatic carbocycles. The number of ketones is 1. The molecule has 0 amide bonds. The molecule has 0 atom stereocenters. The largest absolute Gasteiger partial charge is 0.490 e. The average Bonchev–Trinajstić information content (AvgIpc) is 2.24. The van der Waals surface area contributed by atoms with Crippen LogP contribution in [0.4, 0.5) is 8.78 Å². The molecular weight excluding hydrogens is 214 g/mol. The van der Waals surface area contributed by atoms with Crippen LogP contribution in [-0.4, -0.2) is 12.4 Å². The van der Waals surface area contributed by atoms with Crippen LogP contribution in [0.15, 0.2) is 12.1 Å². The van der Waals surface area contributed by atoms with Crippen LogP contribution in [0.2, 0.25) is 0 Å². The lowest BCUT2D eigenvalue weighted by molar-refractivity contribution is 0.101. The van der Waals surface area contributed by atoms with Crippen LogP contribution in [0.25, 0.3) is 0 Å². The standard InChI is InChI=1S/C12H14F2O2/c1-3-4-7-16-10-6-5-9(8(2)15)11(13)12(10)14/h5-6H,3-4,7H2,1-2H3. The van der Waals surface area contributed by atoms with Crippen molar-refractivity contribution < 1.29 is 18.3 Å². The van der Waals surface area contributed by atoms with E-state index in [0.29, 0.717) is 6.61 Å². The van der Waals surface area contributed by atoms with Crippen molar-refractivity contribution in [2.75, 3.05) is 6.61 Å². The molecule has 1 aromatic rings. The number of ether oxygens (including phenoxy) is 1. The Hall–Kier alpha value is -1.45. The molecule has 4 heteroatoms. The van der Waals surface area contributed by atoms with Gasteiger partial charge >= 0.3 is 0 Å². The molecule has 0 saturated carbocycles. The van der Waals surface area contributed by atoms with Gasteiger partial charge in [-0.1, -0.05) is 13.3 Å². The van der Waals surface area contributed by atoms with Crippen molar-refractivity contribution in [3.05, 3.63) is 29.3 Å². The summed E-state index contributed by atoms with van der Waals surface area (Å²) >= 11 is 0. The maximum atomic E-state index is 13.4. The van der Waals surface area contributed by atoms with Crippen LogP contribution in [0, 0.1) is 11.6 Å². The Morgan fingerprint density at radius 3 is 2.56 bits per heavy atom. The van der Waals surface area contributed by atoms with Gasteiger partial charge in [-0.3, -0.25) is 4.79 Å². The normalized spacial score (nSPS) is 10.2. The molecule has 1 rings (SSSR count). The van der Waals surface area contributed by atoms with Gasteiger partial charge in [-0.15, -0.1) is 0 Å². The van der Waals surface area contributed by atoms with E-state index in [1.807, 2.05) is 6.92 Å². The van der Waals surface area contributed by atoms with E-state index in [1.54, 1.807) is 0 Å². The van der Waals surface area contributed by atoms with Gasteiger partial charge < -0.3 is 4.74 Å². The van der Waals surface area contributed by atoms with E-state index in [0.717, 1.165) is 12.8 Å². The quantitative estimate of drug-likeness (QED) is 0.570. The number of unbranched alkanes of at least 4 members (excludes halogenated alkanes) is 1. The van der Waals surface area contributed by atoms with Gasteiger partial charge in [0.05, 0.1) is 12.2 Å². The molecule has 0 N–H and O–H groups in total.